The Balaban J connectivity index is 1.69. The van der Waals surface area contributed by atoms with Crippen molar-refractivity contribution in [1.29, 1.82) is 0 Å². The van der Waals surface area contributed by atoms with Crippen molar-refractivity contribution in [2.45, 2.75) is 43.4 Å². The van der Waals surface area contributed by atoms with E-state index in [0.717, 1.165) is 37.6 Å². The van der Waals surface area contributed by atoms with Crippen molar-refractivity contribution in [3.8, 4) is 0 Å². The second-order valence-corrected chi connectivity index (χ2v) is 11.1. The van der Waals surface area contributed by atoms with Crippen molar-refractivity contribution in [2.75, 3.05) is 11.1 Å². The molecule has 2 aromatic rings. The van der Waals surface area contributed by atoms with Gasteiger partial charge in [0.2, 0.25) is 0 Å². The zero-order chi connectivity index (χ0) is 23.3. The Bertz CT molecular complexity index is 1210. The van der Waals surface area contributed by atoms with E-state index in [0.29, 0.717) is 0 Å². The first kappa shape index (κ1) is 22.3. The van der Waals surface area contributed by atoms with Crippen LogP contribution in [0.2, 0.25) is 0 Å². The van der Waals surface area contributed by atoms with Gasteiger partial charge in [-0.15, -0.1) is 0 Å². The van der Waals surface area contributed by atoms with Crippen molar-refractivity contribution < 1.29 is 22.0 Å². The quantitative estimate of drug-likeness (QED) is 0.724. The van der Waals surface area contributed by atoms with Gasteiger partial charge < -0.3 is 11.1 Å². The Morgan fingerprint density at radius 1 is 1.19 bits per heavy atom. The normalized spacial score (nSPS) is 27.3. The van der Waals surface area contributed by atoms with Crippen LogP contribution in [0.3, 0.4) is 0 Å². The predicted octanol–water partition coefficient (Wildman–Crippen LogP) is 3.17. The van der Waals surface area contributed by atoms with Gasteiger partial charge >= 0.3 is 0 Å². The van der Waals surface area contributed by atoms with Gasteiger partial charge in [0.25, 0.3) is 5.91 Å². The minimum Gasteiger partial charge on any atom is -0.386 e. The smallest absolute Gasteiger partial charge is 0.274 e. The monoisotopic (exact) mass is 462 g/mol. The molecule has 4 rings (SSSR count). The molecule has 0 saturated heterocycles. The molecule has 1 aliphatic carbocycles. The van der Waals surface area contributed by atoms with Crippen molar-refractivity contribution in [3.63, 3.8) is 0 Å². The summed E-state index contributed by atoms with van der Waals surface area (Å²) < 4.78 is 53.3. The van der Waals surface area contributed by atoms with Crippen LogP contribution < -0.4 is 11.1 Å². The first-order chi connectivity index (χ1) is 15.0. The second-order valence-electron chi connectivity index (χ2n) is 8.78. The SMILES string of the molecule is CC1(c2cc(NC(=O)c3ccc(F)cn3)ccc2F)CS(=O)(=O)C(C)(C2CCC2)C(N)=N1. The number of amidine groups is 1. The number of sulfone groups is 1. The molecule has 2 atom stereocenters. The molecule has 1 fully saturated rings. The summed E-state index contributed by atoms with van der Waals surface area (Å²) in [6, 6.07) is 6.13. The van der Waals surface area contributed by atoms with E-state index >= 15 is 0 Å². The average Bonchev–Trinajstić information content (AvgIpc) is 2.66. The van der Waals surface area contributed by atoms with E-state index in [1.807, 2.05) is 0 Å². The van der Waals surface area contributed by atoms with Crippen molar-refractivity contribution in [2.24, 2.45) is 16.6 Å². The van der Waals surface area contributed by atoms with Crippen LogP contribution in [0.4, 0.5) is 14.5 Å². The number of carbonyl (C=O) groups is 1. The Kier molecular flexibility index (Phi) is 5.31. The fourth-order valence-corrected chi connectivity index (χ4v) is 6.74. The highest BCUT2D eigenvalue weighted by atomic mass is 32.2. The average molecular weight is 463 g/mol. The van der Waals surface area contributed by atoms with E-state index in [2.05, 4.69) is 15.3 Å². The number of amides is 1. The molecule has 0 radical (unpaired) electrons. The standard InChI is InChI=1S/C22H24F2N4O3S/c1-21(12-32(30,31)22(2,20(25)28-21)13-4-3-5-13)16-10-15(7-8-17(16)24)27-19(29)18-9-6-14(23)11-26-18/h6-11,13H,3-5,12H2,1-2H3,(H2,25,28)(H,27,29). The van der Waals surface area contributed by atoms with Crippen molar-refractivity contribution >= 4 is 27.3 Å². The van der Waals surface area contributed by atoms with Gasteiger partial charge in [0, 0.05) is 11.3 Å². The number of rotatable bonds is 4. The van der Waals surface area contributed by atoms with Gasteiger partial charge in [0.1, 0.15) is 33.4 Å². The van der Waals surface area contributed by atoms with Crippen LogP contribution >= 0.6 is 0 Å². The molecule has 7 nitrogen and oxygen atoms in total. The van der Waals surface area contributed by atoms with Gasteiger partial charge in [-0.1, -0.05) is 6.42 Å². The molecule has 170 valence electrons. The number of hydrogen-bond acceptors (Lipinski definition) is 6. The van der Waals surface area contributed by atoms with Crippen molar-refractivity contribution in [1.82, 2.24) is 4.98 Å². The summed E-state index contributed by atoms with van der Waals surface area (Å²) in [6.45, 7) is 3.12. The number of anilines is 1. The highest BCUT2D eigenvalue weighted by molar-refractivity contribution is 7.93. The lowest BCUT2D eigenvalue weighted by molar-refractivity contribution is 0.102. The Hall–Kier alpha value is -2.88. The van der Waals surface area contributed by atoms with Crippen molar-refractivity contribution in [3.05, 3.63) is 59.4 Å². The molecule has 32 heavy (non-hydrogen) atoms. The third-order valence-electron chi connectivity index (χ3n) is 6.64. The number of aromatic nitrogens is 1. The summed E-state index contributed by atoms with van der Waals surface area (Å²) in [5.74, 6) is -2.38. The number of pyridine rings is 1. The Morgan fingerprint density at radius 2 is 1.91 bits per heavy atom. The molecule has 2 aliphatic rings. The largest absolute Gasteiger partial charge is 0.386 e. The zero-order valence-corrected chi connectivity index (χ0v) is 18.5. The molecule has 3 N–H and O–H groups in total. The number of aliphatic imine (C=N–C) groups is 1. The fourth-order valence-electron chi connectivity index (χ4n) is 4.37. The van der Waals surface area contributed by atoms with Crippen LogP contribution in [0.5, 0.6) is 0 Å². The maximum atomic E-state index is 14.8. The maximum absolute atomic E-state index is 14.8. The summed E-state index contributed by atoms with van der Waals surface area (Å²) in [5.41, 5.74) is 4.95. The van der Waals surface area contributed by atoms with Gasteiger partial charge in [0.15, 0.2) is 9.84 Å². The first-order valence-corrected chi connectivity index (χ1v) is 11.9. The molecular formula is C22H24F2N4O3S. The zero-order valence-electron chi connectivity index (χ0n) is 17.7. The minimum absolute atomic E-state index is 0.00421. The number of hydrogen-bond donors (Lipinski definition) is 2. The molecule has 1 saturated carbocycles. The Morgan fingerprint density at radius 3 is 2.47 bits per heavy atom. The van der Waals surface area contributed by atoms with Gasteiger partial charge in [-0.2, -0.15) is 0 Å². The molecule has 2 unspecified atom stereocenters. The summed E-state index contributed by atoms with van der Waals surface area (Å²) in [4.78, 5) is 20.6. The molecule has 2 heterocycles. The molecule has 1 amide bonds. The number of halogens is 2. The number of nitrogens with two attached hydrogens (primary N) is 1. The molecule has 1 aromatic carbocycles. The van der Waals surface area contributed by atoms with E-state index in [9.17, 15) is 22.0 Å². The maximum Gasteiger partial charge on any atom is 0.274 e. The lowest BCUT2D eigenvalue weighted by Crippen LogP contribution is -2.61. The van der Waals surface area contributed by atoms with Crippen LogP contribution in [0.25, 0.3) is 0 Å². The van der Waals surface area contributed by atoms with E-state index < -0.39 is 43.4 Å². The molecule has 0 bridgehead atoms. The van der Waals surface area contributed by atoms with Crippen LogP contribution in [-0.2, 0) is 15.4 Å². The van der Waals surface area contributed by atoms with E-state index in [1.54, 1.807) is 6.92 Å². The molecule has 0 spiro atoms. The van der Waals surface area contributed by atoms with Crippen LogP contribution in [-0.4, -0.2) is 35.6 Å². The lowest BCUT2D eigenvalue weighted by atomic mass is 9.75. The highest BCUT2D eigenvalue weighted by Crippen LogP contribution is 2.47. The van der Waals surface area contributed by atoms with Crippen LogP contribution in [0.1, 0.15) is 49.2 Å². The molecule has 10 heteroatoms. The number of nitrogens with zero attached hydrogens (tertiary/aromatic N) is 2. The topological polar surface area (TPSA) is 115 Å². The Labute approximate surface area is 185 Å². The number of nitrogens with one attached hydrogen (secondary N) is 1. The third-order valence-corrected chi connectivity index (χ3v) is 9.42. The minimum atomic E-state index is -3.74. The summed E-state index contributed by atoms with van der Waals surface area (Å²) in [7, 11) is -3.74. The first-order valence-electron chi connectivity index (χ1n) is 10.3. The highest BCUT2D eigenvalue weighted by Gasteiger charge is 2.57. The summed E-state index contributed by atoms with van der Waals surface area (Å²) >= 11 is 0. The van der Waals surface area contributed by atoms with Gasteiger partial charge in [-0.25, -0.2) is 22.2 Å². The summed E-state index contributed by atoms with van der Waals surface area (Å²) in [6.07, 6.45) is 3.38. The van der Waals surface area contributed by atoms with E-state index in [4.69, 9.17) is 5.73 Å². The second kappa shape index (κ2) is 7.61. The molecule has 1 aromatic heterocycles. The van der Waals surface area contributed by atoms with E-state index in [-0.39, 0.29) is 28.7 Å². The fraction of sp³-hybridized carbons (Fsp3) is 0.409. The van der Waals surface area contributed by atoms with Gasteiger partial charge in [-0.05, 0) is 62.9 Å². The van der Waals surface area contributed by atoms with E-state index in [1.165, 1.54) is 25.1 Å². The number of benzene rings is 1. The van der Waals surface area contributed by atoms with Gasteiger partial charge in [0.05, 0.1) is 11.9 Å². The summed E-state index contributed by atoms with van der Waals surface area (Å²) in [5, 5.41) is 2.57. The number of carbonyl (C=O) groups excluding carboxylic acids is 1. The van der Waals surface area contributed by atoms with Gasteiger partial charge in [-0.3, -0.25) is 9.79 Å². The third kappa shape index (κ3) is 3.56. The lowest BCUT2D eigenvalue weighted by Gasteiger charge is -2.46. The molecule has 1 aliphatic heterocycles. The predicted molar refractivity (Wildman–Crippen MR) is 117 cm³/mol. The molecular weight excluding hydrogens is 438 g/mol. The van der Waals surface area contributed by atoms with Crippen LogP contribution in [0, 0.1) is 17.6 Å². The van der Waals surface area contributed by atoms with Crippen LogP contribution in [0.15, 0.2) is 41.5 Å².